The summed E-state index contributed by atoms with van der Waals surface area (Å²) in [6.07, 6.45) is 6.40. The molecule has 11 heavy (non-hydrogen) atoms. The summed E-state index contributed by atoms with van der Waals surface area (Å²) in [5.41, 5.74) is 0. The molecule has 0 aliphatic carbocycles. The predicted molar refractivity (Wildman–Crippen MR) is 53.0 cm³/mol. The minimum Gasteiger partial charge on any atom is -0.289 e. The normalized spacial score (nSPS) is 34.1. The highest BCUT2D eigenvalue weighted by molar-refractivity contribution is 7.99. The molecule has 0 radical (unpaired) electrons. The van der Waals surface area contributed by atoms with Crippen LogP contribution < -0.4 is 0 Å². The average molecular weight is 173 g/mol. The van der Waals surface area contributed by atoms with E-state index in [0.29, 0.717) is 4.87 Å². The second-order valence-corrected chi connectivity index (χ2v) is 4.70. The van der Waals surface area contributed by atoms with E-state index in [1.165, 1.54) is 32.4 Å². The van der Waals surface area contributed by atoms with Gasteiger partial charge in [0.25, 0.3) is 0 Å². The molecule has 0 saturated carbocycles. The Bertz CT molecular complexity index is 127. The number of hydrogen-bond donors (Lipinski definition) is 0. The van der Waals surface area contributed by atoms with Crippen LogP contribution in [0.3, 0.4) is 0 Å². The van der Waals surface area contributed by atoms with E-state index in [9.17, 15) is 0 Å². The Labute approximate surface area is 74.5 Å². The lowest BCUT2D eigenvalue weighted by atomic mass is 10.0. The molecule has 1 aliphatic rings. The van der Waals surface area contributed by atoms with Crippen LogP contribution in [0.2, 0.25) is 0 Å². The Balaban J connectivity index is 2.57. The third kappa shape index (κ3) is 1.91. The lowest BCUT2D eigenvalue weighted by molar-refractivity contribution is 0.143. The van der Waals surface area contributed by atoms with Gasteiger partial charge in [-0.3, -0.25) is 4.90 Å². The monoisotopic (exact) mass is 173 g/mol. The van der Waals surface area contributed by atoms with Gasteiger partial charge in [-0.25, -0.2) is 0 Å². The van der Waals surface area contributed by atoms with Gasteiger partial charge in [0.15, 0.2) is 0 Å². The molecule has 0 aromatic rings. The molecule has 1 atom stereocenters. The van der Waals surface area contributed by atoms with E-state index < -0.39 is 0 Å². The molecule has 0 amide bonds. The van der Waals surface area contributed by atoms with Gasteiger partial charge in [0.2, 0.25) is 0 Å². The first-order valence-corrected chi connectivity index (χ1v) is 5.75. The largest absolute Gasteiger partial charge is 0.289 e. The number of likely N-dealkylation sites (tertiary alicyclic amines) is 1. The molecule has 0 bridgehead atoms. The second kappa shape index (κ2) is 3.81. The van der Waals surface area contributed by atoms with Crippen molar-refractivity contribution >= 4 is 11.8 Å². The van der Waals surface area contributed by atoms with Gasteiger partial charge >= 0.3 is 0 Å². The SMILES string of the molecule is CCN1CCCCC1(C)SC. The van der Waals surface area contributed by atoms with E-state index in [0.717, 1.165) is 0 Å². The van der Waals surface area contributed by atoms with E-state index in [1.54, 1.807) is 0 Å². The quantitative estimate of drug-likeness (QED) is 0.631. The van der Waals surface area contributed by atoms with Gasteiger partial charge in [0.1, 0.15) is 0 Å². The molecule has 0 N–H and O–H groups in total. The minimum atomic E-state index is 0.437. The lowest BCUT2D eigenvalue weighted by Gasteiger charge is -2.43. The molecule has 66 valence electrons. The molecule has 1 rings (SSSR count). The van der Waals surface area contributed by atoms with Crippen LogP contribution in [0.4, 0.5) is 0 Å². The first-order chi connectivity index (χ1) is 5.23. The molecule has 1 heterocycles. The van der Waals surface area contributed by atoms with Crippen molar-refractivity contribution in [2.24, 2.45) is 0 Å². The van der Waals surface area contributed by atoms with Crippen molar-refractivity contribution < 1.29 is 0 Å². The van der Waals surface area contributed by atoms with Crippen molar-refractivity contribution in [3.05, 3.63) is 0 Å². The fraction of sp³-hybridized carbons (Fsp3) is 1.00. The number of rotatable bonds is 2. The number of nitrogens with zero attached hydrogens (tertiary/aromatic N) is 1. The topological polar surface area (TPSA) is 3.24 Å². The summed E-state index contributed by atoms with van der Waals surface area (Å²) in [5.74, 6) is 0. The van der Waals surface area contributed by atoms with Gasteiger partial charge < -0.3 is 0 Å². The minimum absolute atomic E-state index is 0.437. The predicted octanol–water partition coefficient (Wildman–Crippen LogP) is 2.57. The zero-order valence-electron chi connectivity index (χ0n) is 7.89. The van der Waals surface area contributed by atoms with Crippen LogP contribution >= 0.6 is 11.8 Å². The molecule has 0 spiro atoms. The Morgan fingerprint density at radius 3 is 2.64 bits per heavy atom. The summed E-state index contributed by atoms with van der Waals surface area (Å²) >= 11 is 2.01. The van der Waals surface area contributed by atoms with Crippen LogP contribution in [-0.4, -0.2) is 29.1 Å². The molecule has 1 aliphatic heterocycles. The zero-order valence-corrected chi connectivity index (χ0v) is 8.71. The maximum absolute atomic E-state index is 2.60. The fourth-order valence-electron chi connectivity index (χ4n) is 1.87. The van der Waals surface area contributed by atoms with E-state index in [4.69, 9.17) is 0 Å². The number of hydrogen-bond acceptors (Lipinski definition) is 2. The Morgan fingerprint density at radius 1 is 1.45 bits per heavy atom. The highest BCUT2D eigenvalue weighted by Crippen LogP contribution is 2.35. The summed E-state index contributed by atoms with van der Waals surface area (Å²) in [7, 11) is 0. The maximum Gasteiger partial charge on any atom is 0.0638 e. The van der Waals surface area contributed by atoms with Crippen LogP contribution in [0.15, 0.2) is 0 Å². The van der Waals surface area contributed by atoms with Crippen LogP contribution in [0.25, 0.3) is 0 Å². The molecule has 0 aromatic heterocycles. The van der Waals surface area contributed by atoms with E-state index in [-0.39, 0.29) is 0 Å². The molecular weight excluding hydrogens is 154 g/mol. The van der Waals surface area contributed by atoms with Crippen molar-refractivity contribution in [1.29, 1.82) is 0 Å². The molecule has 1 fully saturated rings. The van der Waals surface area contributed by atoms with E-state index >= 15 is 0 Å². The smallest absolute Gasteiger partial charge is 0.0638 e. The second-order valence-electron chi connectivity index (χ2n) is 3.42. The van der Waals surface area contributed by atoms with Gasteiger partial charge in [0, 0.05) is 0 Å². The van der Waals surface area contributed by atoms with Gasteiger partial charge in [-0.1, -0.05) is 6.92 Å². The first kappa shape index (κ1) is 9.40. The molecule has 2 heteroatoms. The zero-order chi connectivity index (χ0) is 8.32. The molecule has 1 unspecified atom stereocenters. The lowest BCUT2D eigenvalue weighted by Crippen LogP contribution is -2.46. The third-order valence-corrected chi connectivity index (χ3v) is 4.15. The van der Waals surface area contributed by atoms with Gasteiger partial charge in [-0.15, -0.1) is 11.8 Å². The fourth-order valence-corrected chi connectivity index (χ4v) is 2.70. The highest BCUT2D eigenvalue weighted by atomic mass is 32.2. The van der Waals surface area contributed by atoms with Crippen molar-refractivity contribution in [2.75, 3.05) is 19.3 Å². The summed E-state index contributed by atoms with van der Waals surface area (Å²) in [5, 5.41) is 0. The molecule has 1 nitrogen and oxygen atoms in total. The van der Waals surface area contributed by atoms with Crippen molar-refractivity contribution in [1.82, 2.24) is 4.90 Å². The van der Waals surface area contributed by atoms with Crippen molar-refractivity contribution in [2.45, 2.75) is 38.0 Å². The Hall–Kier alpha value is 0.310. The maximum atomic E-state index is 2.60. The summed E-state index contributed by atoms with van der Waals surface area (Å²) in [4.78, 5) is 3.04. The number of thioether (sulfide) groups is 1. The van der Waals surface area contributed by atoms with Crippen molar-refractivity contribution in [3.63, 3.8) is 0 Å². The van der Waals surface area contributed by atoms with E-state index in [2.05, 4.69) is 25.0 Å². The van der Waals surface area contributed by atoms with Gasteiger partial charge in [-0.05, 0) is 45.5 Å². The summed E-state index contributed by atoms with van der Waals surface area (Å²) in [6.45, 7) is 7.14. The summed E-state index contributed by atoms with van der Waals surface area (Å²) < 4.78 is 0. The summed E-state index contributed by atoms with van der Waals surface area (Å²) in [6, 6.07) is 0. The third-order valence-electron chi connectivity index (χ3n) is 2.81. The van der Waals surface area contributed by atoms with Crippen molar-refractivity contribution in [3.8, 4) is 0 Å². The molecule has 1 saturated heterocycles. The van der Waals surface area contributed by atoms with Crippen LogP contribution in [-0.2, 0) is 0 Å². The number of piperidine rings is 1. The standard InChI is InChI=1S/C9H19NS/c1-4-10-8-6-5-7-9(10,2)11-3/h4-8H2,1-3H3. The van der Waals surface area contributed by atoms with Crippen LogP contribution in [0.5, 0.6) is 0 Å². The van der Waals surface area contributed by atoms with Crippen LogP contribution in [0.1, 0.15) is 33.1 Å². The highest BCUT2D eigenvalue weighted by Gasteiger charge is 2.31. The van der Waals surface area contributed by atoms with Gasteiger partial charge in [-0.2, -0.15) is 0 Å². The molecule has 0 aromatic carbocycles. The Morgan fingerprint density at radius 2 is 2.18 bits per heavy atom. The van der Waals surface area contributed by atoms with Gasteiger partial charge in [0.05, 0.1) is 4.87 Å². The first-order valence-electron chi connectivity index (χ1n) is 4.53. The Kier molecular flexibility index (Phi) is 3.26. The average Bonchev–Trinajstić information content (AvgIpc) is 2.05. The van der Waals surface area contributed by atoms with Crippen LogP contribution in [0, 0.1) is 0 Å². The van der Waals surface area contributed by atoms with E-state index in [1.807, 2.05) is 11.8 Å². The molecular formula is C9H19NS.